The van der Waals surface area contributed by atoms with Gasteiger partial charge in [-0.2, -0.15) is 8.75 Å². The van der Waals surface area contributed by atoms with Gasteiger partial charge in [-0.15, -0.1) is 0 Å². The summed E-state index contributed by atoms with van der Waals surface area (Å²) in [6, 6.07) is 9.07. The largest absolute Gasteiger partial charge is 0.469 e. The van der Waals surface area contributed by atoms with E-state index in [-0.39, 0.29) is 11.9 Å². The van der Waals surface area contributed by atoms with Crippen LogP contribution in [0.1, 0.15) is 23.0 Å². The maximum atomic E-state index is 12.2. The van der Waals surface area contributed by atoms with Crippen molar-refractivity contribution >= 4 is 28.7 Å². The SMILES string of the molecule is CC(Cc1ccco1)NC(=O)c1ccc2nsnc2c1. The zero-order chi connectivity index (χ0) is 13.9. The van der Waals surface area contributed by atoms with Gasteiger partial charge in [0, 0.05) is 18.0 Å². The van der Waals surface area contributed by atoms with Gasteiger partial charge in [0.1, 0.15) is 16.8 Å². The molecule has 0 aliphatic rings. The summed E-state index contributed by atoms with van der Waals surface area (Å²) in [6.07, 6.45) is 2.30. The summed E-state index contributed by atoms with van der Waals surface area (Å²) in [7, 11) is 0. The molecule has 2 aromatic heterocycles. The van der Waals surface area contributed by atoms with Crippen LogP contribution in [0.5, 0.6) is 0 Å². The Bertz CT molecular complexity index is 721. The Morgan fingerprint density at radius 2 is 2.20 bits per heavy atom. The van der Waals surface area contributed by atoms with Crippen molar-refractivity contribution in [2.45, 2.75) is 19.4 Å². The number of nitrogens with zero attached hydrogens (tertiary/aromatic N) is 2. The van der Waals surface area contributed by atoms with Crippen LogP contribution >= 0.6 is 11.7 Å². The Hall–Kier alpha value is -2.21. The standard InChI is InChI=1S/C14H13N3O2S/c1-9(7-11-3-2-6-19-11)15-14(18)10-4-5-12-13(8-10)17-20-16-12/h2-6,8-9H,7H2,1H3,(H,15,18). The van der Waals surface area contributed by atoms with Gasteiger partial charge in [-0.25, -0.2) is 0 Å². The number of rotatable bonds is 4. The molecule has 1 unspecified atom stereocenters. The van der Waals surface area contributed by atoms with E-state index in [1.165, 1.54) is 0 Å². The van der Waals surface area contributed by atoms with Crippen molar-refractivity contribution in [3.05, 3.63) is 47.9 Å². The van der Waals surface area contributed by atoms with Gasteiger partial charge in [-0.1, -0.05) is 0 Å². The second kappa shape index (κ2) is 5.42. The van der Waals surface area contributed by atoms with Crippen LogP contribution in [0.2, 0.25) is 0 Å². The summed E-state index contributed by atoms with van der Waals surface area (Å²) in [4.78, 5) is 12.2. The van der Waals surface area contributed by atoms with Gasteiger partial charge in [-0.05, 0) is 37.3 Å². The first kappa shape index (κ1) is 12.8. The van der Waals surface area contributed by atoms with Gasteiger partial charge in [-0.3, -0.25) is 4.79 Å². The lowest BCUT2D eigenvalue weighted by atomic mass is 10.1. The lowest BCUT2D eigenvalue weighted by molar-refractivity contribution is 0.0939. The summed E-state index contributed by atoms with van der Waals surface area (Å²) in [6.45, 7) is 1.95. The Labute approximate surface area is 119 Å². The highest BCUT2D eigenvalue weighted by Gasteiger charge is 2.12. The van der Waals surface area contributed by atoms with E-state index in [0.29, 0.717) is 12.0 Å². The van der Waals surface area contributed by atoms with E-state index in [0.717, 1.165) is 28.5 Å². The molecular weight excluding hydrogens is 274 g/mol. The first-order valence-electron chi connectivity index (χ1n) is 6.28. The minimum absolute atomic E-state index is 0.00194. The van der Waals surface area contributed by atoms with Crippen molar-refractivity contribution in [2.75, 3.05) is 0 Å². The Morgan fingerprint density at radius 3 is 3.00 bits per heavy atom. The van der Waals surface area contributed by atoms with Gasteiger partial charge in [0.15, 0.2) is 0 Å². The zero-order valence-electron chi connectivity index (χ0n) is 10.9. The monoisotopic (exact) mass is 287 g/mol. The van der Waals surface area contributed by atoms with E-state index >= 15 is 0 Å². The molecule has 0 radical (unpaired) electrons. The third-order valence-corrected chi connectivity index (χ3v) is 3.54. The summed E-state index contributed by atoms with van der Waals surface area (Å²) in [5, 5.41) is 2.95. The molecule has 1 aromatic carbocycles. The third kappa shape index (κ3) is 2.70. The summed E-state index contributed by atoms with van der Waals surface area (Å²) >= 11 is 1.15. The number of aromatic nitrogens is 2. The number of nitrogens with one attached hydrogen (secondary N) is 1. The molecule has 1 N–H and O–H groups in total. The maximum Gasteiger partial charge on any atom is 0.251 e. The average Bonchev–Trinajstić information content (AvgIpc) is 3.07. The summed E-state index contributed by atoms with van der Waals surface area (Å²) in [5.41, 5.74) is 2.16. The molecule has 0 fully saturated rings. The maximum absolute atomic E-state index is 12.2. The van der Waals surface area contributed by atoms with Crippen molar-refractivity contribution in [3.8, 4) is 0 Å². The van der Waals surface area contributed by atoms with E-state index < -0.39 is 0 Å². The number of amides is 1. The predicted molar refractivity (Wildman–Crippen MR) is 76.8 cm³/mol. The van der Waals surface area contributed by atoms with Crippen LogP contribution in [-0.4, -0.2) is 20.7 Å². The average molecular weight is 287 g/mol. The third-order valence-electron chi connectivity index (χ3n) is 2.98. The molecule has 3 rings (SSSR count). The van der Waals surface area contributed by atoms with E-state index in [4.69, 9.17) is 4.42 Å². The van der Waals surface area contributed by atoms with E-state index in [9.17, 15) is 4.79 Å². The molecule has 0 bridgehead atoms. The molecule has 0 saturated heterocycles. The number of hydrogen-bond acceptors (Lipinski definition) is 5. The number of benzene rings is 1. The predicted octanol–water partition coefficient (Wildman–Crippen LogP) is 2.65. The Morgan fingerprint density at radius 1 is 1.35 bits per heavy atom. The van der Waals surface area contributed by atoms with Crippen molar-refractivity contribution in [2.24, 2.45) is 0 Å². The van der Waals surface area contributed by atoms with Crippen LogP contribution in [0.15, 0.2) is 41.0 Å². The number of carbonyl (C=O) groups excluding carboxylic acids is 1. The van der Waals surface area contributed by atoms with Gasteiger partial charge in [0.25, 0.3) is 5.91 Å². The first-order chi connectivity index (χ1) is 9.72. The fourth-order valence-corrected chi connectivity index (χ4v) is 2.53. The molecule has 0 aliphatic heterocycles. The number of fused-ring (bicyclic) bond motifs is 1. The lowest BCUT2D eigenvalue weighted by Gasteiger charge is -2.12. The highest BCUT2D eigenvalue weighted by Crippen LogP contribution is 2.14. The van der Waals surface area contributed by atoms with E-state index in [2.05, 4.69) is 14.1 Å². The van der Waals surface area contributed by atoms with Crippen LogP contribution in [0.4, 0.5) is 0 Å². The van der Waals surface area contributed by atoms with Crippen molar-refractivity contribution in [3.63, 3.8) is 0 Å². The number of furan rings is 1. The van der Waals surface area contributed by atoms with E-state index in [1.807, 2.05) is 25.1 Å². The molecule has 0 aliphatic carbocycles. The fraction of sp³-hybridized carbons (Fsp3) is 0.214. The minimum Gasteiger partial charge on any atom is -0.469 e. The van der Waals surface area contributed by atoms with Crippen LogP contribution in [0.3, 0.4) is 0 Å². The molecule has 1 atom stereocenters. The Kier molecular flexibility index (Phi) is 3.47. The molecule has 6 heteroatoms. The highest BCUT2D eigenvalue weighted by molar-refractivity contribution is 7.00. The normalized spacial score (nSPS) is 12.4. The van der Waals surface area contributed by atoms with Crippen molar-refractivity contribution in [1.82, 2.24) is 14.1 Å². The second-order valence-electron chi connectivity index (χ2n) is 4.63. The molecule has 3 aromatic rings. The van der Waals surface area contributed by atoms with Gasteiger partial charge in [0.05, 0.1) is 18.0 Å². The first-order valence-corrected chi connectivity index (χ1v) is 7.01. The molecule has 102 valence electrons. The number of carbonyl (C=O) groups is 1. The number of hydrogen-bond donors (Lipinski definition) is 1. The Balaban J connectivity index is 1.68. The van der Waals surface area contributed by atoms with Gasteiger partial charge < -0.3 is 9.73 Å². The molecule has 1 amide bonds. The lowest BCUT2D eigenvalue weighted by Crippen LogP contribution is -2.33. The molecule has 20 heavy (non-hydrogen) atoms. The fourth-order valence-electron chi connectivity index (χ4n) is 2.01. The molecule has 0 saturated carbocycles. The van der Waals surface area contributed by atoms with Gasteiger partial charge in [0.2, 0.25) is 0 Å². The van der Waals surface area contributed by atoms with Crippen LogP contribution in [0, 0.1) is 0 Å². The van der Waals surface area contributed by atoms with E-state index in [1.54, 1.807) is 18.4 Å². The molecular formula is C14H13N3O2S. The van der Waals surface area contributed by atoms with Gasteiger partial charge >= 0.3 is 0 Å². The molecule has 0 spiro atoms. The second-order valence-corrected chi connectivity index (χ2v) is 5.15. The molecule has 2 heterocycles. The van der Waals surface area contributed by atoms with Crippen LogP contribution in [0.25, 0.3) is 11.0 Å². The topological polar surface area (TPSA) is 68.0 Å². The minimum atomic E-state index is -0.112. The van der Waals surface area contributed by atoms with Crippen LogP contribution < -0.4 is 5.32 Å². The van der Waals surface area contributed by atoms with Crippen molar-refractivity contribution < 1.29 is 9.21 Å². The quantitative estimate of drug-likeness (QED) is 0.801. The smallest absolute Gasteiger partial charge is 0.251 e. The van der Waals surface area contributed by atoms with Crippen molar-refractivity contribution in [1.29, 1.82) is 0 Å². The van der Waals surface area contributed by atoms with Crippen LogP contribution in [-0.2, 0) is 6.42 Å². The highest BCUT2D eigenvalue weighted by atomic mass is 32.1. The zero-order valence-corrected chi connectivity index (χ0v) is 11.7. The molecule has 5 nitrogen and oxygen atoms in total. The summed E-state index contributed by atoms with van der Waals surface area (Å²) < 4.78 is 13.5. The summed E-state index contributed by atoms with van der Waals surface area (Å²) in [5.74, 6) is 0.746.